The van der Waals surface area contributed by atoms with E-state index in [1.165, 1.54) is 0 Å². The Morgan fingerprint density at radius 2 is 1.41 bits per heavy atom. The summed E-state index contributed by atoms with van der Waals surface area (Å²) in [4.78, 5) is 28.7. The minimum atomic E-state index is -1.74. The summed E-state index contributed by atoms with van der Waals surface area (Å²) in [5.74, 6) is -1.85. The Kier molecular flexibility index (Phi) is 10.8. The number of aliphatic carboxylic acids is 1. The van der Waals surface area contributed by atoms with Crippen molar-refractivity contribution in [2.45, 2.75) is 180 Å². The predicted octanol–water partition coefficient (Wildman–Crippen LogP) is 2.41. The van der Waals surface area contributed by atoms with E-state index in [4.69, 9.17) is 18.9 Å². The van der Waals surface area contributed by atoms with Crippen LogP contribution in [0, 0.1) is 50.2 Å². The fourth-order valence-electron chi connectivity index (χ4n) is 13.6. The molecule has 18 atom stereocenters. The molecule has 0 amide bonds. The number of rotatable bonds is 6. The maximum atomic E-state index is 14.6. The largest absolute Gasteiger partial charge is 0.481 e. The number of carboxylic acid groups (broad SMARTS) is 1. The minimum Gasteiger partial charge on any atom is -0.481 e. The van der Waals surface area contributed by atoms with Gasteiger partial charge in [-0.2, -0.15) is 0 Å². The second-order valence-corrected chi connectivity index (χ2v) is 20.5. The molecule has 14 heteroatoms. The van der Waals surface area contributed by atoms with Crippen LogP contribution in [0.15, 0.2) is 11.6 Å². The van der Waals surface area contributed by atoms with E-state index >= 15 is 0 Å². The van der Waals surface area contributed by atoms with Gasteiger partial charge in [-0.3, -0.25) is 9.59 Å². The molecular formula is C42H66O14. The van der Waals surface area contributed by atoms with Gasteiger partial charge in [0, 0.05) is 0 Å². The van der Waals surface area contributed by atoms with Crippen LogP contribution in [0.5, 0.6) is 0 Å². The molecule has 318 valence electrons. The number of hydrogen-bond donors (Lipinski definition) is 8. The van der Waals surface area contributed by atoms with E-state index < -0.39 is 108 Å². The Hall–Kier alpha value is -1.72. The summed E-state index contributed by atoms with van der Waals surface area (Å²) in [7, 11) is 0. The van der Waals surface area contributed by atoms with Gasteiger partial charge in [0.15, 0.2) is 6.29 Å². The number of hydrogen-bond acceptors (Lipinski definition) is 13. The van der Waals surface area contributed by atoms with Crippen molar-refractivity contribution in [1.82, 2.24) is 0 Å². The third kappa shape index (κ3) is 6.01. The Morgan fingerprint density at radius 3 is 2.07 bits per heavy atom. The summed E-state index contributed by atoms with van der Waals surface area (Å²) in [5, 5.41) is 84.4. The number of carbonyl (C=O) groups excluding carboxylic acids is 1. The number of carbonyl (C=O) groups is 2. The molecule has 0 bridgehead atoms. The topological polar surface area (TPSA) is 233 Å². The predicted molar refractivity (Wildman–Crippen MR) is 198 cm³/mol. The average Bonchev–Trinajstić information content (AvgIpc) is 3.13. The lowest BCUT2D eigenvalue weighted by Gasteiger charge is -2.70. The zero-order valence-corrected chi connectivity index (χ0v) is 34.0. The highest BCUT2D eigenvalue weighted by molar-refractivity contribution is 5.85. The number of ether oxygens (including phenoxy) is 4. The number of esters is 1. The normalized spacial score (nSPS) is 52.3. The molecule has 14 nitrogen and oxygen atoms in total. The number of aliphatic hydroxyl groups is 7. The van der Waals surface area contributed by atoms with Gasteiger partial charge < -0.3 is 59.8 Å². The van der Waals surface area contributed by atoms with Crippen LogP contribution in [0.4, 0.5) is 0 Å². The van der Waals surface area contributed by atoms with Gasteiger partial charge >= 0.3 is 11.9 Å². The van der Waals surface area contributed by atoms with Gasteiger partial charge in [-0.25, -0.2) is 0 Å². The molecule has 0 radical (unpaired) electrons. The lowest BCUT2D eigenvalue weighted by atomic mass is 9.33. The van der Waals surface area contributed by atoms with Gasteiger partial charge in [0.05, 0.1) is 29.6 Å². The summed E-state index contributed by atoms with van der Waals surface area (Å²) in [6, 6.07) is 0. The van der Waals surface area contributed by atoms with Crippen LogP contribution in [0.25, 0.3) is 0 Å². The van der Waals surface area contributed by atoms with Crippen LogP contribution in [-0.2, 0) is 28.5 Å². The molecular weight excluding hydrogens is 728 g/mol. The first-order valence-electron chi connectivity index (χ1n) is 20.8. The quantitative estimate of drug-likeness (QED) is 0.110. The Balaban J connectivity index is 1.20. The molecule has 0 spiro atoms. The highest BCUT2D eigenvalue weighted by Crippen LogP contribution is 2.76. The molecule has 56 heavy (non-hydrogen) atoms. The number of aliphatic hydroxyl groups excluding tert-OH is 7. The van der Waals surface area contributed by atoms with Gasteiger partial charge in [0.1, 0.15) is 42.7 Å². The molecule has 4 saturated carbocycles. The smallest absolute Gasteiger partial charge is 0.315 e. The first-order chi connectivity index (χ1) is 26.0. The second-order valence-electron chi connectivity index (χ2n) is 20.5. The van der Waals surface area contributed by atoms with Gasteiger partial charge in [-0.15, -0.1) is 0 Å². The molecule has 0 aromatic rings. The van der Waals surface area contributed by atoms with E-state index in [1.807, 2.05) is 0 Å². The molecule has 0 unspecified atom stereocenters. The molecule has 7 aliphatic rings. The van der Waals surface area contributed by atoms with E-state index in [1.54, 1.807) is 6.92 Å². The van der Waals surface area contributed by atoms with E-state index in [2.05, 4.69) is 47.6 Å². The summed E-state index contributed by atoms with van der Waals surface area (Å²) >= 11 is 0. The van der Waals surface area contributed by atoms with Crippen molar-refractivity contribution < 1.29 is 69.4 Å². The van der Waals surface area contributed by atoms with Crippen LogP contribution >= 0.6 is 0 Å². The van der Waals surface area contributed by atoms with E-state index in [0.717, 1.165) is 18.4 Å². The van der Waals surface area contributed by atoms with Crippen LogP contribution in [0.1, 0.15) is 113 Å². The number of allylic oxidation sites excluding steroid dienone is 1. The SMILES string of the molecule is C[C@H]1O[C@@H](O[C@H]2CC[C@]3(C)[C@H]4CC=C5[C@@H]6CC(C)(C)CC[C@]6(C(=O)O[C@@H]6O[C@H](CO)[C@@H](O)[C@H](O)[C@H]6O)CC[C@@]5(C(=O)O)[C@]4(C)CC[C@H]3C2(C)C)[C@H](O)[C@@H](O)[C@H]1O. The molecule has 2 heterocycles. The summed E-state index contributed by atoms with van der Waals surface area (Å²) < 4.78 is 23.8. The van der Waals surface area contributed by atoms with Crippen molar-refractivity contribution in [2.75, 3.05) is 6.61 Å². The standard InChI is InChI=1S/C42H66O14/c1-20-27(44)29(46)31(48)33(53-20)55-26-11-12-39(6)24(38(26,4)5)10-13-40(7)25(39)9-8-21-22-18-37(2,3)14-15-41(22,16-17-42(21,40)35(50)51)36(52)56-34-32(49)30(47)28(45)23(19-43)54-34/h8,20,22-34,43-49H,9-19H2,1-7H3,(H,50,51)/t20-,22+,23-,24+,25-,26+,27+,28-,29+,30+,31-,32-,33+,34+,39+,40-,41+,42-/m1/s1. The lowest BCUT2D eigenvalue weighted by Crippen LogP contribution is -2.68. The molecule has 2 aliphatic heterocycles. The second kappa shape index (κ2) is 14.2. The zero-order chi connectivity index (χ0) is 41.1. The highest BCUT2D eigenvalue weighted by Gasteiger charge is 2.73. The van der Waals surface area contributed by atoms with E-state index in [0.29, 0.717) is 38.5 Å². The van der Waals surface area contributed by atoms with Gasteiger partial charge in [-0.1, -0.05) is 53.2 Å². The van der Waals surface area contributed by atoms with Crippen LogP contribution in [-0.4, -0.2) is 127 Å². The first kappa shape index (κ1) is 42.4. The Labute approximate surface area is 329 Å². The van der Waals surface area contributed by atoms with E-state index in [9.17, 15) is 50.4 Å². The van der Waals surface area contributed by atoms with Gasteiger partial charge in [-0.05, 0) is 111 Å². The third-order valence-corrected chi connectivity index (χ3v) is 17.0. The maximum absolute atomic E-state index is 14.6. The van der Waals surface area contributed by atoms with Crippen LogP contribution in [0.3, 0.4) is 0 Å². The van der Waals surface area contributed by atoms with Gasteiger partial charge in [0.25, 0.3) is 0 Å². The Bertz CT molecular complexity index is 1560. The van der Waals surface area contributed by atoms with Gasteiger partial charge in [0.2, 0.25) is 6.29 Å². The monoisotopic (exact) mass is 794 g/mol. The summed E-state index contributed by atoms with van der Waals surface area (Å²) in [6.07, 6.45) is -6.40. The molecule has 2 saturated heterocycles. The molecule has 0 aromatic heterocycles. The first-order valence-corrected chi connectivity index (χ1v) is 20.8. The van der Waals surface area contributed by atoms with Crippen LogP contribution < -0.4 is 0 Å². The number of fused-ring (bicyclic) bond motifs is 7. The average molecular weight is 795 g/mol. The van der Waals surface area contributed by atoms with Crippen molar-refractivity contribution in [3.05, 3.63) is 11.6 Å². The molecule has 0 aromatic carbocycles. The molecule has 6 fully saturated rings. The fraction of sp³-hybridized carbons (Fsp3) is 0.905. The number of carboxylic acids is 1. The van der Waals surface area contributed by atoms with E-state index in [-0.39, 0.29) is 41.6 Å². The summed E-state index contributed by atoms with van der Waals surface area (Å²) in [6.45, 7) is 14.1. The zero-order valence-electron chi connectivity index (χ0n) is 34.0. The minimum absolute atomic E-state index is 0.00694. The van der Waals surface area contributed by atoms with Crippen molar-refractivity contribution in [1.29, 1.82) is 0 Å². The van der Waals surface area contributed by atoms with Crippen molar-refractivity contribution >= 4 is 11.9 Å². The van der Waals surface area contributed by atoms with Crippen LogP contribution in [0.2, 0.25) is 0 Å². The Morgan fingerprint density at radius 1 is 0.768 bits per heavy atom. The van der Waals surface area contributed by atoms with Crippen molar-refractivity contribution in [2.24, 2.45) is 50.2 Å². The lowest BCUT2D eigenvalue weighted by molar-refractivity contribution is -0.324. The molecule has 7 rings (SSSR count). The molecule has 8 N–H and O–H groups in total. The third-order valence-electron chi connectivity index (χ3n) is 17.0. The molecule has 5 aliphatic carbocycles. The van der Waals surface area contributed by atoms with Crippen molar-refractivity contribution in [3.8, 4) is 0 Å². The maximum Gasteiger partial charge on any atom is 0.315 e. The summed E-state index contributed by atoms with van der Waals surface area (Å²) in [5.41, 5.74) is -3.13. The highest BCUT2D eigenvalue weighted by atomic mass is 16.7. The van der Waals surface area contributed by atoms with Crippen molar-refractivity contribution in [3.63, 3.8) is 0 Å². The fourth-order valence-corrected chi connectivity index (χ4v) is 13.6.